The van der Waals surface area contributed by atoms with E-state index in [4.69, 9.17) is 22.4 Å². The van der Waals surface area contributed by atoms with Crippen molar-refractivity contribution in [3.05, 3.63) is 38.6 Å². The van der Waals surface area contributed by atoms with Gasteiger partial charge < -0.3 is 4.98 Å². The molecule has 1 fully saturated rings. The second kappa shape index (κ2) is 4.06. The summed E-state index contributed by atoms with van der Waals surface area (Å²) in [5.41, 5.74) is 1.05. The summed E-state index contributed by atoms with van der Waals surface area (Å²) in [6, 6.07) is 3.48. The highest BCUT2D eigenvalue weighted by molar-refractivity contribution is 6.32. The first-order chi connectivity index (χ1) is 9.35. The number of rotatable bonds is 1. The van der Waals surface area contributed by atoms with Gasteiger partial charge in [-0.3, -0.25) is 20.2 Å². The molecular formula is C14H15ClN4O. The highest BCUT2D eigenvalue weighted by atomic mass is 35.5. The predicted molar refractivity (Wildman–Crippen MR) is 78.6 cm³/mol. The number of halogens is 1. The molecule has 5 nitrogen and oxygen atoms in total. The van der Waals surface area contributed by atoms with E-state index in [1.54, 1.807) is 12.1 Å². The minimum absolute atomic E-state index is 0.211. The first-order valence-electron chi connectivity index (χ1n) is 6.43. The second-order valence-corrected chi connectivity index (χ2v) is 6.02. The Bertz CT molecular complexity index is 858. The predicted octanol–water partition coefficient (Wildman–Crippen LogP) is 2.40. The molecule has 6 heteroatoms. The fourth-order valence-corrected chi connectivity index (χ4v) is 2.49. The van der Waals surface area contributed by atoms with E-state index in [-0.39, 0.29) is 10.9 Å². The Morgan fingerprint density at radius 3 is 2.70 bits per heavy atom. The van der Waals surface area contributed by atoms with Crippen LogP contribution in [0.3, 0.4) is 0 Å². The van der Waals surface area contributed by atoms with E-state index in [0.717, 1.165) is 18.4 Å². The Kier molecular flexibility index (Phi) is 2.66. The number of nitrogens with zero attached hydrogens (tertiary/aromatic N) is 1. The van der Waals surface area contributed by atoms with Gasteiger partial charge in [0, 0.05) is 10.4 Å². The second-order valence-electron chi connectivity index (χ2n) is 5.61. The van der Waals surface area contributed by atoms with Gasteiger partial charge in [0.2, 0.25) is 0 Å². The van der Waals surface area contributed by atoms with Crippen molar-refractivity contribution < 1.29 is 0 Å². The molecule has 1 aliphatic carbocycles. The van der Waals surface area contributed by atoms with Gasteiger partial charge in [0.1, 0.15) is 5.84 Å². The van der Waals surface area contributed by atoms with E-state index in [0.29, 0.717) is 21.9 Å². The number of hydrogen-bond acceptors (Lipinski definition) is 3. The summed E-state index contributed by atoms with van der Waals surface area (Å²) >= 11 is 6.08. The zero-order valence-electron chi connectivity index (χ0n) is 11.3. The molecule has 0 atom stereocenters. The number of fused-ring (bicyclic) bond motifs is 1. The van der Waals surface area contributed by atoms with Gasteiger partial charge in [-0.15, -0.1) is 0 Å². The van der Waals surface area contributed by atoms with E-state index in [9.17, 15) is 4.79 Å². The number of hydrogen-bond donors (Lipinski definition) is 3. The quantitative estimate of drug-likeness (QED) is 0.547. The monoisotopic (exact) mass is 290 g/mol. The zero-order chi connectivity index (χ0) is 14.7. The molecule has 0 saturated heterocycles. The van der Waals surface area contributed by atoms with Crippen molar-refractivity contribution in [2.24, 2.45) is 5.41 Å². The number of nitrogens with one attached hydrogen (secondary N) is 3. The minimum atomic E-state index is -0.503. The van der Waals surface area contributed by atoms with Crippen molar-refractivity contribution in [3.8, 4) is 0 Å². The topological polar surface area (TPSA) is 85.5 Å². The average molecular weight is 291 g/mol. The molecule has 0 bridgehead atoms. The lowest BCUT2D eigenvalue weighted by molar-refractivity contribution is 0.741. The first kappa shape index (κ1) is 13.1. The van der Waals surface area contributed by atoms with Crippen LogP contribution in [-0.2, 0) is 0 Å². The average Bonchev–Trinajstić information content (AvgIpc) is 3.15. The van der Waals surface area contributed by atoms with Crippen LogP contribution < -0.4 is 11.0 Å². The molecule has 0 spiro atoms. The van der Waals surface area contributed by atoms with Crippen molar-refractivity contribution in [2.45, 2.75) is 26.7 Å². The normalized spacial score (nSPS) is 16.4. The van der Waals surface area contributed by atoms with Crippen molar-refractivity contribution in [1.82, 2.24) is 9.55 Å². The van der Waals surface area contributed by atoms with Crippen molar-refractivity contribution in [3.63, 3.8) is 0 Å². The molecular weight excluding hydrogens is 276 g/mol. The number of aromatic amines is 1. The molecule has 0 aliphatic heterocycles. The van der Waals surface area contributed by atoms with Crippen molar-refractivity contribution in [1.29, 1.82) is 10.8 Å². The Balaban J connectivity index is 2.44. The molecule has 104 valence electrons. The van der Waals surface area contributed by atoms with Gasteiger partial charge in [0.25, 0.3) is 5.56 Å². The molecule has 1 heterocycles. The Morgan fingerprint density at radius 1 is 1.45 bits per heavy atom. The Morgan fingerprint density at radius 2 is 2.10 bits per heavy atom. The molecule has 0 unspecified atom stereocenters. The minimum Gasteiger partial charge on any atom is -0.317 e. The van der Waals surface area contributed by atoms with E-state index in [1.807, 2.05) is 13.8 Å². The van der Waals surface area contributed by atoms with Crippen LogP contribution in [0.2, 0.25) is 5.02 Å². The van der Waals surface area contributed by atoms with Crippen molar-refractivity contribution >= 4 is 28.5 Å². The fourth-order valence-electron chi connectivity index (χ4n) is 2.34. The molecule has 1 aliphatic rings. The van der Waals surface area contributed by atoms with E-state index in [2.05, 4.69) is 4.98 Å². The van der Waals surface area contributed by atoms with Crippen LogP contribution in [0.25, 0.3) is 11.0 Å². The number of aryl methyl sites for hydroxylation is 1. The van der Waals surface area contributed by atoms with Crippen LogP contribution in [0.5, 0.6) is 0 Å². The van der Waals surface area contributed by atoms with E-state index >= 15 is 0 Å². The highest BCUT2D eigenvalue weighted by Crippen LogP contribution is 2.46. The van der Waals surface area contributed by atoms with Crippen LogP contribution in [0.1, 0.15) is 25.3 Å². The van der Waals surface area contributed by atoms with Crippen LogP contribution in [0.4, 0.5) is 0 Å². The van der Waals surface area contributed by atoms with Gasteiger partial charge in [-0.1, -0.05) is 18.5 Å². The molecule has 0 amide bonds. The maximum atomic E-state index is 12.0. The maximum Gasteiger partial charge on any atom is 0.291 e. The lowest BCUT2D eigenvalue weighted by Crippen LogP contribution is -2.42. The largest absolute Gasteiger partial charge is 0.317 e. The zero-order valence-corrected chi connectivity index (χ0v) is 12.1. The standard InChI is InChI=1S/C14H15ClN4O/c1-7-8(15)3-4-9-10(7)18-12(20)11(16)19(9)13(17)14(2)5-6-14/h3-4,16-17H,5-6H2,1-2H3,(H,18,20). The van der Waals surface area contributed by atoms with Gasteiger partial charge in [0.05, 0.1) is 11.0 Å². The van der Waals surface area contributed by atoms with Crippen LogP contribution in [0.15, 0.2) is 16.9 Å². The summed E-state index contributed by atoms with van der Waals surface area (Å²) in [6.45, 7) is 3.80. The third-order valence-electron chi connectivity index (χ3n) is 4.09. The lowest BCUT2D eigenvalue weighted by Gasteiger charge is -2.17. The lowest BCUT2D eigenvalue weighted by atomic mass is 10.1. The summed E-state index contributed by atoms with van der Waals surface area (Å²) in [5, 5.41) is 16.9. The molecule has 1 saturated carbocycles. The third kappa shape index (κ3) is 1.73. The summed E-state index contributed by atoms with van der Waals surface area (Å²) in [5.74, 6) is 0.306. The van der Waals surface area contributed by atoms with Crippen LogP contribution in [0, 0.1) is 23.2 Å². The SMILES string of the molecule is Cc1c(Cl)ccc2c1[nH]c(=O)c(=N)n2C(=N)C1(C)CC1. The maximum absolute atomic E-state index is 12.0. The van der Waals surface area contributed by atoms with Gasteiger partial charge in [-0.2, -0.15) is 0 Å². The third-order valence-corrected chi connectivity index (χ3v) is 4.50. The first-order valence-corrected chi connectivity index (χ1v) is 6.81. The van der Waals surface area contributed by atoms with Gasteiger partial charge in [-0.25, -0.2) is 0 Å². The molecule has 20 heavy (non-hydrogen) atoms. The smallest absolute Gasteiger partial charge is 0.291 e. The van der Waals surface area contributed by atoms with Gasteiger partial charge in [-0.05, 0) is 37.5 Å². The summed E-state index contributed by atoms with van der Waals surface area (Å²) in [7, 11) is 0. The molecule has 1 aromatic heterocycles. The fraction of sp³-hybridized carbons (Fsp3) is 0.357. The molecule has 1 aromatic carbocycles. The Hall–Kier alpha value is -1.88. The van der Waals surface area contributed by atoms with Crippen molar-refractivity contribution in [2.75, 3.05) is 0 Å². The van der Waals surface area contributed by atoms with E-state index in [1.165, 1.54) is 4.57 Å². The molecule has 0 radical (unpaired) electrons. The molecule has 3 N–H and O–H groups in total. The summed E-state index contributed by atoms with van der Waals surface area (Å²) < 4.78 is 1.44. The van der Waals surface area contributed by atoms with Gasteiger partial charge in [0.15, 0.2) is 5.49 Å². The summed E-state index contributed by atoms with van der Waals surface area (Å²) in [6.07, 6.45) is 1.83. The molecule has 3 rings (SSSR count). The number of H-pyrrole nitrogens is 1. The van der Waals surface area contributed by atoms with Gasteiger partial charge >= 0.3 is 0 Å². The van der Waals surface area contributed by atoms with Crippen LogP contribution >= 0.6 is 11.6 Å². The molecule has 2 aromatic rings. The van der Waals surface area contributed by atoms with Crippen LogP contribution in [-0.4, -0.2) is 15.4 Å². The Labute approximate surface area is 120 Å². The van der Waals surface area contributed by atoms with E-state index < -0.39 is 5.56 Å². The number of benzene rings is 1. The summed E-state index contributed by atoms with van der Waals surface area (Å²) in [4.78, 5) is 14.7. The highest BCUT2D eigenvalue weighted by Gasteiger charge is 2.43. The number of aromatic nitrogens is 2.